The Balaban J connectivity index is 2.07. The summed E-state index contributed by atoms with van der Waals surface area (Å²) in [5, 5.41) is 7.05. The molecule has 1 amide bonds. The van der Waals surface area contributed by atoms with Gasteiger partial charge in [0.1, 0.15) is 4.47 Å². The lowest BCUT2D eigenvalue weighted by Crippen LogP contribution is -2.30. The first kappa shape index (κ1) is 14.0. The second-order valence-corrected chi connectivity index (χ2v) is 5.74. The van der Waals surface area contributed by atoms with Crippen LogP contribution in [-0.2, 0) is 11.3 Å². The van der Waals surface area contributed by atoms with E-state index in [9.17, 15) is 9.59 Å². The molecule has 0 spiro atoms. The van der Waals surface area contributed by atoms with E-state index < -0.39 is 0 Å². The first-order chi connectivity index (χ1) is 8.99. The van der Waals surface area contributed by atoms with Crippen molar-refractivity contribution >= 4 is 27.5 Å². The van der Waals surface area contributed by atoms with Gasteiger partial charge in [-0.15, -0.1) is 0 Å². The third-order valence-electron chi connectivity index (χ3n) is 3.04. The Labute approximate surface area is 119 Å². The fourth-order valence-corrected chi connectivity index (χ4v) is 2.04. The molecule has 0 radical (unpaired) electrons. The number of carbonyl (C=O) groups excluding carboxylic acids is 1. The summed E-state index contributed by atoms with van der Waals surface area (Å²) in [4.78, 5) is 25.0. The van der Waals surface area contributed by atoms with Gasteiger partial charge in [-0.05, 0) is 34.7 Å². The van der Waals surface area contributed by atoms with Gasteiger partial charge in [-0.2, -0.15) is 5.10 Å². The Morgan fingerprint density at radius 1 is 1.58 bits per heavy atom. The van der Waals surface area contributed by atoms with Crippen molar-refractivity contribution in [1.29, 1.82) is 0 Å². The third kappa shape index (κ3) is 3.56. The topological polar surface area (TPSA) is 67.2 Å². The fourth-order valence-electron chi connectivity index (χ4n) is 1.59. The van der Waals surface area contributed by atoms with Crippen molar-refractivity contribution in [3.8, 4) is 0 Å². The Bertz CT molecular complexity index is 537. The molecule has 1 saturated carbocycles. The zero-order valence-electron chi connectivity index (χ0n) is 11.0. The maximum Gasteiger partial charge on any atom is 0.283 e. The molecule has 0 saturated heterocycles. The molecular weight excluding hydrogens is 312 g/mol. The van der Waals surface area contributed by atoms with E-state index in [0.29, 0.717) is 22.6 Å². The molecule has 19 heavy (non-hydrogen) atoms. The van der Waals surface area contributed by atoms with Gasteiger partial charge in [0.05, 0.1) is 18.4 Å². The smallest absolute Gasteiger partial charge is 0.283 e. The van der Waals surface area contributed by atoms with Crippen LogP contribution in [-0.4, -0.2) is 41.2 Å². The standard InChI is InChI=1S/C12H17BrN4O2/c1-16(2)10(18)6-14-9-5-15-17(7-8-3-4-8)12(19)11(9)13/h5,8,14H,3-4,6-7H2,1-2H3. The Kier molecular flexibility index (Phi) is 4.24. The van der Waals surface area contributed by atoms with Crippen LogP contribution in [0.2, 0.25) is 0 Å². The van der Waals surface area contributed by atoms with E-state index in [1.165, 1.54) is 22.4 Å². The summed E-state index contributed by atoms with van der Waals surface area (Å²) < 4.78 is 1.90. The first-order valence-corrected chi connectivity index (χ1v) is 6.98. The zero-order chi connectivity index (χ0) is 14.0. The molecule has 7 heteroatoms. The Morgan fingerprint density at radius 2 is 2.26 bits per heavy atom. The van der Waals surface area contributed by atoms with Crippen molar-refractivity contribution in [3.63, 3.8) is 0 Å². The van der Waals surface area contributed by atoms with Crippen LogP contribution in [0.25, 0.3) is 0 Å². The van der Waals surface area contributed by atoms with Crippen LogP contribution >= 0.6 is 15.9 Å². The molecule has 1 aromatic rings. The number of amides is 1. The van der Waals surface area contributed by atoms with Crippen LogP contribution < -0.4 is 10.9 Å². The highest BCUT2D eigenvalue weighted by atomic mass is 79.9. The number of halogens is 1. The number of hydrogen-bond acceptors (Lipinski definition) is 4. The Morgan fingerprint density at radius 3 is 2.84 bits per heavy atom. The Hall–Kier alpha value is -1.37. The highest BCUT2D eigenvalue weighted by Gasteiger charge is 2.23. The number of anilines is 1. The summed E-state index contributed by atoms with van der Waals surface area (Å²) in [5.41, 5.74) is 0.390. The summed E-state index contributed by atoms with van der Waals surface area (Å²) in [6.07, 6.45) is 3.92. The molecule has 2 rings (SSSR count). The van der Waals surface area contributed by atoms with Gasteiger partial charge in [-0.1, -0.05) is 0 Å². The molecule has 1 N–H and O–H groups in total. The van der Waals surface area contributed by atoms with Crippen LogP contribution in [0.15, 0.2) is 15.5 Å². The quantitative estimate of drug-likeness (QED) is 0.872. The van der Waals surface area contributed by atoms with Gasteiger partial charge in [0.2, 0.25) is 5.91 Å². The highest BCUT2D eigenvalue weighted by Crippen LogP contribution is 2.30. The average molecular weight is 329 g/mol. The minimum absolute atomic E-state index is 0.0611. The predicted molar refractivity (Wildman–Crippen MR) is 76.1 cm³/mol. The van der Waals surface area contributed by atoms with E-state index in [2.05, 4.69) is 26.3 Å². The van der Waals surface area contributed by atoms with E-state index in [-0.39, 0.29) is 18.0 Å². The van der Waals surface area contributed by atoms with Crippen molar-refractivity contribution in [2.45, 2.75) is 19.4 Å². The molecule has 6 nitrogen and oxygen atoms in total. The largest absolute Gasteiger partial charge is 0.374 e. The number of carbonyl (C=O) groups is 1. The van der Waals surface area contributed by atoms with Crippen molar-refractivity contribution in [3.05, 3.63) is 21.0 Å². The van der Waals surface area contributed by atoms with E-state index in [1.54, 1.807) is 20.3 Å². The monoisotopic (exact) mass is 328 g/mol. The molecule has 1 heterocycles. The molecule has 1 fully saturated rings. The number of rotatable bonds is 5. The second-order valence-electron chi connectivity index (χ2n) is 4.94. The highest BCUT2D eigenvalue weighted by molar-refractivity contribution is 9.10. The van der Waals surface area contributed by atoms with Gasteiger partial charge in [-0.3, -0.25) is 9.59 Å². The molecule has 0 bridgehead atoms. The van der Waals surface area contributed by atoms with Gasteiger partial charge in [0, 0.05) is 20.6 Å². The maximum absolute atomic E-state index is 12.0. The van der Waals surface area contributed by atoms with Crippen LogP contribution in [0.5, 0.6) is 0 Å². The fraction of sp³-hybridized carbons (Fsp3) is 0.583. The lowest BCUT2D eigenvalue weighted by Gasteiger charge is -2.13. The SMILES string of the molecule is CN(C)C(=O)CNc1cnn(CC2CC2)c(=O)c1Br. The molecular formula is C12H17BrN4O2. The minimum Gasteiger partial charge on any atom is -0.374 e. The van der Waals surface area contributed by atoms with Gasteiger partial charge >= 0.3 is 0 Å². The molecule has 1 aliphatic rings. The summed E-state index contributed by atoms with van der Waals surface area (Å²) in [6, 6.07) is 0. The zero-order valence-corrected chi connectivity index (χ0v) is 12.6. The number of hydrogen-bond donors (Lipinski definition) is 1. The van der Waals surface area contributed by atoms with Crippen molar-refractivity contribution in [2.75, 3.05) is 26.0 Å². The normalized spacial score (nSPS) is 14.3. The van der Waals surface area contributed by atoms with Gasteiger partial charge in [0.25, 0.3) is 5.56 Å². The molecule has 104 valence electrons. The number of nitrogens with zero attached hydrogens (tertiary/aromatic N) is 3. The van der Waals surface area contributed by atoms with Gasteiger partial charge in [0.15, 0.2) is 0 Å². The van der Waals surface area contributed by atoms with Crippen molar-refractivity contribution in [2.24, 2.45) is 5.92 Å². The van der Waals surface area contributed by atoms with Gasteiger partial charge < -0.3 is 10.2 Å². The van der Waals surface area contributed by atoms with Crippen molar-refractivity contribution in [1.82, 2.24) is 14.7 Å². The van der Waals surface area contributed by atoms with Crippen LogP contribution in [0.1, 0.15) is 12.8 Å². The first-order valence-electron chi connectivity index (χ1n) is 6.18. The number of likely N-dealkylation sites (N-methyl/N-ethyl adjacent to an activating group) is 1. The summed E-state index contributed by atoms with van der Waals surface area (Å²) in [6.45, 7) is 0.813. The van der Waals surface area contributed by atoms with E-state index in [1.807, 2.05) is 0 Å². The lowest BCUT2D eigenvalue weighted by molar-refractivity contribution is -0.126. The average Bonchev–Trinajstić information content (AvgIpc) is 3.17. The molecule has 1 aromatic heterocycles. The van der Waals surface area contributed by atoms with Crippen LogP contribution in [0, 0.1) is 5.92 Å². The second kappa shape index (κ2) is 5.73. The summed E-state index contributed by atoms with van der Waals surface area (Å²) in [7, 11) is 3.37. The summed E-state index contributed by atoms with van der Waals surface area (Å²) >= 11 is 3.27. The molecule has 0 unspecified atom stereocenters. The summed E-state index contributed by atoms with van der Waals surface area (Å²) in [5.74, 6) is 0.528. The maximum atomic E-state index is 12.0. The predicted octanol–water partition coefficient (Wildman–Crippen LogP) is 0.916. The lowest BCUT2D eigenvalue weighted by atomic mass is 10.4. The van der Waals surface area contributed by atoms with Gasteiger partial charge in [-0.25, -0.2) is 4.68 Å². The van der Waals surface area contributed by atoms with E-state index >= 15 is 0 Å². The molecule has 1 aliphatic carbocycles. The van der Waals surface area contributed by atoms with Crippen LogP contribution in [0.4, 0.5) is 5.69 Å². The number of aromatic nitrogens is 2. The van der Waals surface area contributed by atoms with Crippen molar-refractivity contribution < 1.29 is 4.79 Å². The van der Waals surface area contributed by atoms with Crippen LogP contribution in [0.3, 0.4) is 0 Å². The number of nitrogens with one attached hydrogen (secondary N) is 1. The minimum atomic E-state index is -0.158. The van der Waals surface area contributed by atoms with E-state index in [4.69, 9.17) is 0 Å². The molecule has 0 atom stereocenters. The van der Waals surface area contributed by atoms with E-state index in [0.717, 1.165) is 0 Å². The molecule has 0 aliphatic heterocycles. The molecule has 0 aromatic carbocycles. The third-order valence-corrected chi connectivity index (χ3v) is 3.81.